The average molecular weight is 459 g/mol. The molecular formula is C18H25N3O11. The largest absolute Gasteiger partial charge is 0.463 e. The van der Waals surface area contributed by atoms with Gasteiger partial charge in [0.15, 0.2) is 24.5 Å². The van der Waals surface area contributed by atoms with E-state index in [0.29, 0.717) is 0 Å². The minimum atomic E-state index is -1.38. The lowest BCUT2D eigenvalue weighted by Gasteiger charge is -2.44. The highest BCUT2D eigenvalue weighted by atomic mass is 16.7. The molecule has 0 aliphatic carbocycles. The molecule has 0 spiro atoms. The van der Waals surface area contributed by atoms with E-state index < -0.39 is 79.4 Å². The molecule has 0 saturated carbocycles. The van der Waals surface area contributed by atoms with Crippen LogP contribution in [-0.4, -0.2) is 91.3 Å². The quantitative estimate of drug-likeness (QED) is 0.138. The summed E-state index contributed by atoms with van der Waals surface area (Å²) in [4.78, 5) is 60.8. The maximum atomic E-state index is 11.7. The molecule has 0 unspecified atom stereocenters. The summed E-state index contributed by atoms with van der Waals surface area (Å²) in [6.07, 6.45) is -6.50. The fourth-order valence-corrected chi connectivity index (χ4v) is 2.86. The van der Waals surface area contributed by atoms with Crippen LogP contribution in [0.1, 0.15) is 27.7 Å². The third kappa shape index (κ3) is 8.06. The molecular weight excluding hydrogens is 434 g/mol. The van der Waals surface area contributed by atoms with Crippen LogP contribution in [0.2, 0.25) is 0 Å². The van der Waals surface area contributed by atoms with Crippen LogP contribution >= 0.6 is 0 Å². The van der Waals surface area contributed by atoms with Gasteiger partial charge in [-0.2, -0.15) is 4.79 Å². The Hall–Kier alpha value is -3.35. The topological polar surface area (TPSA) is 189 Å². The van der Waals surface area contributed by atoms with Gasteiger partial charge >= 0.3 is 35.6 Å². The highest BCUT2D eigenvalue weighted by Crippen LogP contribution is 2.28. The van der Waals surface area contributed by atoms with E-state index in [4.69, 9.17) is 29.2 Å². The molecule has 1 aliphatic heterocycles. The van der Waals surface area contributed by atoms with Crippen molar-refractivity contribution in [3.05, 3.63) is 5.53 Å². The van der Waals surface area contributed by atoms with Crippen LogP contribution in [0.5, 0.6) is 0 Å². The summed E-state index contributed by atoms with van der Waals surface area (Å²) in [6, 6.07) is 0. The summed E-state index contributed by atoms with van der Waals surface area (Å²) >= 11 is 0. The molecule has 0 amide bonds. The number of hydrogen-bond acceptors (Lipinski definition) is 12. The Labute approximate surface area is 183 Å². The highest BCUT2D eigenvalue weighted by Gasteiger charge is 2.52. The van der Waals surface area contributed by atoms with Crippen molar-refractivity contribution in [2.24, 2.45) is 0 Å². The highest BCUT2D eigenvalue weighted by molar-refractivity contribution is 6.34. The number of rotatable bonds is 9. The molecule has 0 aromatic rings. The number of nitrogens with one attached hydrogen (secondary N) is 1. The van der Waals surface area contributed by atoms with Gasteiger partial charge in [-0.3, -0.25) is 24.5 Å². The van der Waals surface area contributed by atoms with E-state index in [0.717, 1.165) is 34.8 Å². The van der Waals surface area contributed by atoms with Gasteiger partial charge in [0.05, 0.1) is 7.11 Å². The second-order valence-electron chi connectivity index (χ2n) is 6.54. The first-order valence-corrected chi connectivity index (χ1v) is 9.33. The molecule has 1 saturated heterocycles. The molecule has 5 atom stereocenters. The first-order valence-electron chi connectivity index (χ1n) is 9.33. The predicted octanol–water partition coefficient (Wildman–Crippen LogP) is -1.50. The summed E-state index contributed by atoms with van der Waals surface area (Å²) in [5, 5.41) is 2.67. The molecule has 0 radical (unpaired) electrons. The van der Waals surface area contributed by atoms with Gasteiger partial charge in [-0.15, -0.1) is 0 Å². The predicted molar refractivity (Wildman–Crippen MR) is 101 cm³/mol. The zero-order chi connectivity index (χ0) is 24.4. The Kier molecular flexibility index (Phi) is 10.4. The maximum absolute atomic E-state index is 11.7. The van der Waals surface area contributed by atoms with Crippen molar-refractivity contribution in [2.75, 3.05) is 20.3 Å². The zero-order valence-electron chi connectivity index (χ0n) is 18.2. The van der Waals surface area contributed by atoms with E-state index in [1.807, 2.05) is 0 Å². The standard InChI is InChI=1S/C18H25N3O11/c1-8(22)28-7-13-14(29-9(2)23)15(30-10(3)24)16(31-11(4)25)17(32-13)20-6-12(21-19)18(26)27-5/h13-17,20H,6-7H2,1-5H3/t13-,14+,15+,16-,17-/m1/s1. The molecule has 14 heteroatoms. The smallest absolute Gasteiger partial charge is 0.418 e. The maximum Gasteiger partial charge on any atom is 0.418 e. The molecule has 14 nitrogen and oxygen atoms in total. The number of carbonyl (C=O) groups excluding carboxylic acids is 5. The lowest BCUT2D eigenvalue weighted by molar-refractivity contribution is -0.257. The van der Waals surface area contributed by atoms with E-state index >= 15 is 0 Å². The number of nitrogens with zero attached hydrogens (tertiary/aromatic N) is 2. The van der Waals surface area contributed by atoms with Gasteiger partial charge in [-0.05, 0) is 0 Å². The van der Waals surface area contributed by atoms with Gasteiger partial charge in [-0.25, -0.2) is 4.79 Å². The number of ether oxygens (including phenoxy) is 6. The number of esters is 5. The van der Waals surface area contributed by atoms with Gasteiger partial charge in [-0.1, -0.05) is 0 Å². The molecule has 1 fully saturated rings. The Bertz CT molecular complexity index is 793. The normalized spacial score (nSPS) is 24.3. The van der Waals surface area contributed by atoms with Crippen molar-refractivity contribution < 1.29 is 57.2 Å². The van der Waals surface area contributed by atoms with Crippen molar-refractivity contribution in [1.82, 2.24) is 5.32 Å². The van der Waals surface area contributed by atoms with Gasteiger partial charge in [0, 0.05) is 27.7 Å². The fraction of sp³-hybridized carbons (Fsp3) is 0.667. The summed E-state index contributed by atoms with van der Waals surface area (Å²) in [7, 11) is 1.07. The summed E-state index contributed by atoms with van der Waals surface area (Å²) in [5.74, 6) is -3.95. The second kappa shape index (κ2) is 12.5. The first-order chi connectivity index (χ1) is 15.0. The molecule has 1 heterocycles. The minimum Gasteiger partial charge on any atom is -0.463 e. The number of hydrogen-bond donors (Lipinski definition) is 1. The lowest BCUT2D eigenvalue weighted by Crippen LogP contribution is -2.66. The Morgan fingerprint density at radius 1 is 0.875 bits per heavy atom. The lowest BCUT2D eigenvalue weighted by atomic mass is 9.97. The third-order valence-electron chi connectivity index (χ3n) is 4.00. The van der Waals surface area contributed by atoms with Gasteiger partial charge < -0.3 is 34.0 Å². The van der Waals surface area contributed by atoms with Crippen LogP contribution in [-0.2, 0) is 52.4 Å². The first kappa shape index (κ1) is 26.7. The van der Waals surface area contributed by atoms with E-state index in [9.17, 15) is 24.0 Å². The Morgan fingerprint density at radius 3 is 1.88 bits per heavy atom. The second-order valence-corrected chi connectivity index (χ2v) is 6.54. The van der Waals surface area contributed by atoms with Crippen LogP contribution in [0.25, 0.3) is 5.53 Å². The van der Waals surface area contributed by atoms with Crippen molar-refractivity contribution in [1.29, 1.82) is 0 Å². The monoisotopic (exact) mass is 459 g/mol. The molecule has 0 aromatic carbocycles. The molecule has 1 N–H and O–H groups in total. The fourth-order valence-electron chi connectivity index (χ4n) is 2.86. The van der Waals surface area contributed by atoms with Gasteiger partial charge in [0.1, 0.15) is 19.3 Å². The summed E-state index contributed by atoms with van der Waals surface area (Å²) < 4.78 is 30.9. The molecule has 1 rings (SSSR count). The summed E-state index contributed by atoms with van der Waals surface area (Å²) in [5.41, 5.74) is 8.57. The van der Waals surface area contributed by atoms with E-state index in [-0.39, 0.29) is 0 Å². The summed E-state index contributed by atoms with van der Waals surface area (Å²) in [6.45, 7) is 3.58. The van der Waals surface area contributed by atoms with Crippen LogP contribution in [0, 0.1) is 0 Å². The van der Waals surface area contributed by atoms with Crippen LogP contribution in [0.4, 0.5) is 0 Å². The Morgan fingerprint density at radius 2 is 1.41 bits per heavy atom. The molecule has 1 aliphatic rings. The number of methoxy groups -OCH3 is 1. The molecule has 32 heavy (non-hydrogen) atoms. The Balaban J connectivity index is 3.33. The van der Waals surface area contributed by atoms with Crippen molar-refractivity contribution in [3.8, 4) is 0 Å². The number of carbonyl (C=O) groups is 5. The SMILES string of the molecule is COC(=O)C(CN[C@@H]1O[C@H](COC(C)=O)[C@H](OC(C)=O)[C@H](OC(C)=O)[C@H]1OC(C)=O)=[N+]=[N-]. The molecule has 0 aromatic heterocycles. The van der Waals surface area contributed by atoms with Gasteiger partial charge in [0.25, 0.3) is 0 Å². The molecule has 0 bridgehead atoms. The third-order valence-corrected chi connectivity index (χ3v) is 4.00. The van der Waals surface area contributed by atoms with Crippen LogP contribution in [0.3, 0.4) is 0 Å². The van der Waals surface area contributed by atoms with Crippen molar-refractivity contribution >= 4 is 35.6 Å². The van der Waals surface area contributed by atoms with E-state index in [2.05, 4.69) is 14.8 Å². The molecule has 178 valence electrons. The van der Waals surface area contributed by atoms with Crippen molar-refractivity contribution in [2.45, 2.75) is 58.3 Å². The average Bonchev–Trinajstić information content (AvgIpc) is 2.69. The van der Waals surface area contributed by atoms with Gasteiger partial charge in [0.2, 0.25) is 0 Å². The van der Waals surface area contributed by atoms with E-state index in [1.165, 1.54) is 0 Å². The van der Waals surface area contributed by atoms with E-state index in [1.54, 1.807) is 0 Å². The minimum absolute atomic E-state index is 0.409. The van der Waals surface area contributed by atoms with Crippen LogP contribution < -0.4 is 5.32 Å². The van der Waals surface area contributed by atoms with Crippen LogP contribution in [0.15, 0.2) is 0 Å². The van der Waals surface area contributed by atoms with Crippen molar-refractivity contribution in [3.63, 3.8) is 0 Å². The zero-order valence-corrected chi connectivity index (χ0v) is 18.2.